The van der Waals surface area contributed by atoms with Crippen molar-refractivity contribution in [1.82, 2.24) is 15.5 Å². The van der Waals surface area contributed by atoms with Crippen LogP contribution in [0.5, 0.6) is 5.75 Å². The van der Waals surface area contributed by atoms with Gasteiger partial charge in [0.25, 0.3) is 0 Å². The summed E-state index contributed by atoms with van der Waals surface area (Å²) < 4.78 is 10.9. The second-order valence-electron chi connectivity index (χ2n) is 7.79. The van der Waals surface area contributed by atoms with E-state index in [-0.39, 0.29) is 11.8 Å². The van der Waals surface area contributed by atoms with Crippen molar-refractivity contribution >= 4 is 11.9 Å². The van der Waals surface area contributed by atoms with Crippen molar-refractivity contribution in [2.24, 2.45) is 4.99 Å². The summed E-state index contributed by atoms with van der Waals surface area (Å²) in [5.74, 6) is 1.32. The summed E-state index contributed by atoms with van der Waals surface area (Å²) in [5.41, 5.74) is 3.15. The Kier molecular flexibility index (Phi) is 8.92. The number of morpholine rings is 1. The molecule has 1 aliphatic rings. The Morgan fingerprint density at radius 2 is 1.91 bits per heavy atom. The summed E-state index contributed by atoms with van der Waals surface area (Å²) in [6, 6.07) is 16.0. The van der Waals surface area contributed by atoms with Crippen LogP contribution in [0.4, 0.5) is 0 Å². The Labute approximate surface area is 190 Å². The molecule has 0 bridgehead atoms. The van der Waals surface area contributed by atoms with Gasteiger partial charge in [-0.2, -0.15) is 0 Å². The standard InChI is InChI=1S/C25H34N4O3/c1-4-26-25(27-17-21-11-10-19(2)16-23(21)31-3)28-18-22(20-8-6-5-7-9-20)24(30)29-12-14-32-15-13-29/h5-11,16,22H,4,12-15,17-18H2,1-3H3,(H2,26,27,28). The Morgan fingerprint density at radius 3 is 2.59 bits per heavy atom. The van der Waals surface area contributed by atoms with Gasteiger partial charge in [-0.3, -0.25) is 4.79 Å². The largest absolute Gasteiger partial charge is 0.496 e. The summed E-state index contributed by atoms with van der Waals surface area (Å²) in [5, 5.41) is 6.66. The number of hydrogen-bond donors (Lipinski definition) is 2. The SMILES string of the molecule is CCNC(=NCc1ccc(C)cc1OC)NCC(C(=O)N1CCOCC1)c1ccccc1. The van der Waals surface area contributed by atoms with Gasteiger partial charge in [0.2, 0.25) is 5.91 Å². The van der Waals surface area contributed by atoms with Gasteiger partial charge < -0.3 is 25.0 Å². The monoisotopic (exact) mass is 438 g/mol. The van der Waals surface area contributed by atoms with Crippen molar-refractivity contribution in [3.63, 3.8) is 0 Å². The second-order valence-corrected chi connectivity index (χ2v) is 7.79. The molecule has 1 unspecified atom stereocenters. The van der Waals surface area contributed by atoms with Gasteiger partial charge in [0, 0.05) is 31.7 Å². The maximum atomic E-state index is 13.3. The van der Waals surface area contributed by atoms with Gasteiger partial charge in [-0.05, 0) is 31.0 Å². The van der Waals surface area contributed by atoms with Gasteiger partial charge in [-0.15, -0.1) is 0 Å². The molecule has 3 rings (SSSR count). The Balaban J connectivity index is 1.74. The molecule has 1 heterocycles. The number of aryl methyl sites for hydroxylation is 1. The van der Waals surface area contributed by atoms with Crippen LogP contribution in [0.3, 0.4) is 0 Å². The molecule has 2 aromatic rings. The van der Waals surface area contributed by atoms with E-state index in [4.69, 9.17) is 14.5 Å². The lowest BCUT2D eigenvalue weighted by atomic mass is 9.97. The van der Waals surface area contributed by atoms with E-state index in [0.29, 0.717) is 45.4 Å². The zero-order chi connectivity index (χ0) is 22.8. The highest BCUT2D eigenvalue weighted by molar-refractivity contribution is 5.86. The quantitative estimate of drug-likeness (QED) is 0.490. The average Bonchev–Trinajstić information content (AvgIpc) is 2.84. The number of ether oxygens (including phenoxy) is 2. The number of amides is 1. The molecule has 32 heavy (non-hydrogen) atoms. The maximum absolute atomic E-state index is 13.3. The van der Waals surface area contributed by atoms with Gasteiger partial charge in [-0.25, -0.2) is 4.99 Å². The van der Waals surface area contributed by atoms with Gasteiger partial charge in [-0.1, -0.05) is 42.5 Å². The van der Waals surface area contributed by atoms with E-state index in [1.54, 1.807) is 7.11 Å². The minimum Gasteiger partial charge on any atom is -0.496 e. The molecule has 1 saturated heterocycles. The van der Waals surface area contributed by atoms with Crippen LogP contribution in [-0.4, -0.2) is 63.3 Å². The molecule has 7 heteroatoms. The predicted octanol–water partition coefficient (Wildman–Crippen LogP) is 2.70. The van der Waals surface area contributed by atoms with Crippen LogP contribution in [-0.2, 0) is 16.1 Å². The lowest BCUT2D eigenvalue weighted by Gasteiger charge is -2.31. The molecule has 1 fully saturated rings. The van der Waals surface area contributed by atoms with E-state index in [9.17, 15) is 4.79 Å². The molecule has 0 saturated carbocycles. The number of aliphatic imine (C=N–C) groups is 1. The Bertz CT molecular complexity index is 895. The van der Waals surface area contributed by atoms with Gasteiger partial charge >= 0.3 is 0 Å². The van der Waals surface area contributed by atoms with E-state index in [2.05, 4.69) is 16.7 Å². The number of hydrogen-bond acceptors (Lipinski definition) is 4. The van der Waals surface area contributed by atoms with E-state index in [1.807, 2.05) is 61.2 Å². The molecule has 7 nitrogen and oxygen atoms in total. The fourth-order valence-electron chi connectivity index (χ4n) is 3.72. The van der Waals surface area contributed by atoms with Crippen LogP contribution in [0, 0.1) is 6.92 Å². The van der Waals surface area contributed by atoms with Crippen LogP contribution in [0.15, 0.2) is 53.5 Å². The van der Waals surface area contributed by atoms with Crippen molar-refractivity contribution in [2.45, 2.75) is 26.3 Å². The minimum absolute atomic E-state index is 0.114. The summed E-state index contributed by atoms with van der Waals surface area (Å²) in [6.45, 7) is 8.15. The highest BCUT2D eigenvalue weighted by Crippen LogP contribution is 2.21. The molecule has 0 aromatic heterocycles. The highest BCUT2D eigenvalue weighted by Gasteiger charge is 2.27. The Hall–Kier alpha value is -3.06. The third-order valence-electron chi connectivity index (χ3n) is 5.49. The van der Waals surface area contributed by atoms with Crippen molar-refractivity contribution in [3.8, 4) is 5.75 Å². The summed E-state index contributed by atoms with van der Waals surface area (Å²) in [6.07, 6.45) is 0. The summed E-state index contributed by atoms with van der Waals surface area (Å²) in [4.78, 5) is 19.9. The molecular formula is C25H34N4O3. The number of rotatable bonds is 8. The molecule has 1 atom stereocenters. The van der Waals surface area contributed by atoms with Gasteiger partial charge in [0.15, 0.2) is 5.96 Å². The fraction of sp³-hybridized carbons (Fsp3) is 0.440. The maximum Gasteiger partial charge on any atom is 0.232 e. The molecule has 2 N–H and O–H groups in total. The topological polar surface area (TPSA) is 75.2 Å². The van der Waals surface area contributed by atoms with Crippen LogP contribution in [0.2, 0.25) is 0 Å². The lowest BCUT2D eigenvalue weighted by molar-refractivity contribution is -0.136. The number of methoxy groups -OCH3 is 1. The zero-order valence-electron chi connectivity index (χ0n) is 19.3. The molecular weight excluding hydrogens is 404 g/mol. The van der Waals surface area contributed by atoms with E-state index >= 15 is 0 Å². The first-order valence-corrected chi connectivity index (χ1v) is 11.2. The molecule has 1 amide bonds. The van der Waals surface area contributed by atoms with Crippen molar-refractivity contribution in [2.75, 3.05) is 46.5 Å². The first-order valence-electron chi connectivity index (χ1n) is 11.2. The van der Waals surface area contributed by atoms with Crippen molar-refractivity contribution in [1.29, 1.82) is 0 Å². The second kappa shape index (κ2) is 12.1. The molecule has 1 aliphatic heterocycles. The van der Waals surface area contributed by atoms with Crippen LogP contribution < -0.4 is 15.4 Å². The number of carbonyl (C=O) groups excluding carboxylic acids is 1. The van der Waals surface area contributed by atoms with Gasteiger partial charge in [0.1, 0.15) is 5.75 Å². The van der Waals surface area contributed by atoms with Crippen LogP contribution in [0.1, 0.15) is 29.5 Å². The number of nitrogens with one attached hydrogen (secondary N) is 2. The predicted molar refractivity (Wildman–Crippen MR) is 127 cm³/mol. The number of carbonyl (C=O) groups is 1. The van der Waals surface area contributed by atoms with Crippen LogP contribution in [0.25, 0.3) is 0 Å². The van der Waals surface area contributed by atoms with Crippen molar-refractivity contribution < 1.29 is 14.3 Å². The Morgan fingerprint density at radius 1 is 1.16 bits per heavy atom. The number of nitrogens with zero attached hydrogens (tertiary/aromatic N) is 2. The van der Waals surface area contributed by atoms with Crippen LogP contribution >= 0.6 is 0 Å². The highest BCUT2D eigenvalue weighted by atomic mass is 16.5. The van der Waals surface area contributed by atoms with E-state index in [0.717, 1.165) is 29.0 Å². The molecule has 172 valence electrons. The third kappa shape index (κ3) is 6.47. The molecule has 0 spiro atoms. The third-order valence-corrected chi connectivity index (χ3v) is 5.49. The van der Waals surface area contributed by atoms with Gasteiger partial charge in [0.05, 0.1) is 32.8 Å². The first-order chi connectivity index (χ1) is 15.6. The normalized spacial score (nSPS) is 15.2. The fourth-order valence-corrected chi connectivity index (χ4v) is 3.72. The number of guanidine groups is 1. The molecule has 0 aliphatic carbocycles. The summed E-state index contributed by atoms with van der Waals surface area (Å²) in [7, 11) is 1.67. The van der Waals surface area contributed by atoms with E-state index in [1.165, 1.54) is 0 Å². The average molecular weight is 439 g/mol. The minimum atomic E-state index is -0.299. The van der Waals surface area contributed by atoms with Crippen molar-refractivity contribution in [3.05, 3.63) is 65.2 Å². The smallest absolute Gasteiger partial charge is 0.232 e. The number of benzene rings is 2. The lowest BCUT2D eigenvalue weighted by Crippen LogP contribution is -2.47. The first kappa shape index (κ1) is 23.6. The molecule has 2 aromatic carbocycles. The van der Waals surface area contributed by atoms with E-state index < -0.39 is 0 Å². The zero-order valence-corrected chi connectivity index (χ0v) is 19.3. The summed E-state index contributed by atoms with van der Waals surface area (Å²) >= 11 is 0. The molecule has 0 radical (unpaired) electrons.